The van der Waals surface area contributed by atoms with E-state index in [4.69, 9.17) is 5.73 Å². The summed E-state index contributed by atoms with van der Waals surface area (Å²) in [5.74, 6) is 0. The number of fused-ring (bicyclic) bond motifs is 1. The van der Waals surface area contributed by atoms with Gasteiger partial charge in [-0.3, -0.25) is 4.68 Å². The molecule has 2 N–H and O–H groups in total. The topological polar surface area (TPSA) is 43.8 Å². The molecule has 3 nitrogen and oxygen atoms in total. The lowest BCUT2D eigenvalue weighted by atomic mass is 10.1. The molecule has 1 unspecified atom stereocenters. The lowest BCUT2D eigenvalue weighted by molar-refractivity contribution is 0.549. The molecule has 0 aliphatic rings. The van der Waals surface area contributed by atoms with Crippen LogP contribution in [0.3, 0.4) is 0 Å². The molecule has 0 bridgehead atoms. The van der Waals surface area contributed by atoms with E-state index in [9.17, 15) is 0 Å². The maximum atomic E-state index is 5.96. The predicted octanol–water partition coefficient (Wildman–Crippen LogP) is 2.89. The molecule has 0 fully saturated rings. The fourth-order valence-corrected chi connectivity index (χ4v) is 2.41. The van der Waals surface area contributed by atoms with E-state index in [-0.39, 0.29) is 6.04 Å². The zero-order valence-electron chi connectivity index (χ0n) is 11.0. The number of hydrogen-bond donors (Lipinski definition) is 1. The van der Waals surface area contributed by atoms with Crippen molar-refractivity contribution in [1.29, 1.82) is 0 Å². The molecule has 2 aromatic carbocycles. The Morgan fingerprint density at radius 3 is 2.58 bits per heavy atom. The van der Waals surface area contributed by atoms with Crippen LogP contribution in [0.4, 0.5) is 0 Å². The van der Waals surface area contributed by atoms with Crippen LogP contribution in [-0.2, 0) is 0 Å². The van der Waals surface area contributed by atoms with Crippen molar-refractivity contribution >= 4 is 10.9 Å². The van der Waals surface area contributed by atoms with Crippen molar-refractivity contribution in [1.82, 2.24) is 9.78 Å². The molecule has 0 saturated carbocycles. The zero-order valence-corrected chi connectivity index (χ0v) is 11.0. The van der Waals surface area contributed by atoms with Gasteiger partial charge in [-0.25, -0.2) is 0 Å². The molecule has 3 heteroatoms. The van der Waals surface area contributed by atoms with Crippen LogP contribution in [0.15, 0.2) is 54.7 Å². The van der Waals surface area contributed by atoms with Crippen LogP contribution in [0.25, 0.3) is 10.9 Å². The Labute approximate surface area is 112 Å². The molecule has 0 spiro atoms. The Hall–Kier alpha value is -2.13. The number of rotatable bonds is 3. The lowest BCUT2D eigenvalue weighted by Crippen LogP contribution is -2.21. The van der Waals surface area contributed by atoms with Crippen molar-refractivity contribution in [3.63, 3.8) is 0 Å². The van der Waals surface area contributed by atoms with Crippen LogP contribution >= 0.6 is 0 Å². The van der Waals surface area contributed by atoms with E-state index in [1.54, 1.807) is 0 Å². The quantitative estimate of drug-likeness (QED) is 0.778. The zero-order chi connectivity index (χ0) is 13.2. The summed E-state index contributed by atoms with van der Waals surface area (Å²) in [6.07, 6.45) is 1.90. The molecule has 19 heavy (non-hydrogen) atoms. The van der Waals surface area contributed by atoms with E-state index in [0.29, 0.717) is 6.54 Å². The average molecular weight is 251 g/mol. The summed E-state index contributed by atoms with van der Waals surface area (Å²) in [6.45, 7) is 2.62. The molecule has 1 heterocycles. The highest BCUT2D eigenvalue weighted by molar-refractivity contribution is 5.78. The van der Waals surface area contributed by atoms with E-state index >= 15 is 0 Å². The maximum Gasteiger partial charge on any atom is 0.0897 e. The Bertz CT molecular complexity index is 683. The molecule has 0 radical (unpaired) electrons. The molecular weight excluding hydrogens is 234 g/mol. The van der Waals surface area contributed by atoms with Crippen molar-refractivity contribution in [2.45, 2.75) is 13.0 Å². The van der Waals surface area contributed by atoms with Crippen molar-refractivity contribution < 1.29 is 0 Å². The minimum Gasteiger partial charge on any atom is -0.328 e. The van der Waals surface area contributed by atoms with Gasteiger partial charge < -0.3 is 5.73 Å². The number of para-hydroxylation sites is 1. The third kappa shape index (κ3) is 2.13. The van der Waals surface area contributed by atoms with Crippen molar-refractivity contribution in [2.24, 2.45) is 5.73 Å². The molecule has 0 amide bonds. The summed E-state index contributed by atoms with van der Waals surface area (Å²) in [5, 5.41) is 5.65. The first-order chi connectivity index (χ1) is 9.29. The second kappa shape index (κ2) is 4.86. The summed E-state index contributed by atoms with van der Waals surface area (Å²) >= 11 is 0. The molecule has 1 atom stereocenters. The van der Waals surface area contributed by atoms with E-state index in [2.05, 4.69) is 48.4 Å². The summed E-state index contributed by atoms with van der Waals surface area (Å²) in [7, 11) is 0. The number of nitrogens with two attached hydrogens (primary N) is 1. The van der Waals surface area contributed by atoms with Crippen LogP contribution < -0.4 is 5.73 Å². The Morgan fingerprint density at radius 1 is 1.11 bits per heavy atom. The average Bonchev–Trinajstić information content (AvgIpc) is 2.86. The Kier molecular flexibility index (Phi) is 3.05. The van der Waals surface area contributed by atoms with Gasteiger partial charge in [-0.2, -0.15) is 5.10 Å². The molecule has 0 aliphatic heterocycles. The first-order valence-corrected chi connectivity index (χ1v) is 6.48. The standard InChI is InChI=1S/C16H17N3/c1-12-6-8-13(9-7-12)16(10-17)19-15-5-3-2-4-14(15)11-18-19/h2-9,11,16H,10,17H2,1H3. The SMILES string of the molecule is Cc1ccc(C(CN)n2ncc3ccccc32)cc1. The first-order valence-electron chi connectivity index (χ1n) is 6.48. The van der Waals surface area contributed by atoms with Gasteiger partial charge in [0.2, 0.25) is 0 Å². The van der Waals surface area contributed by atoms with Crippen molar-refractivity contribution in [3.8, 4) is 0 Å². The van der Waals surface area contributed by atoms with Crippen molar-refractivity contribution in [3.05, 3.63) is 65.9 Å². The van der Waals surface area contributed by atoms with Crippen LogP contribution in [0.2, 0.25) is 0 Å². The van der Waals surface area contributed by atoms with Crippen LogP contribution in [0.5, 0.6) is 0 Å². The summed E-state index contributed by atoms with van der Waals surface area (Å²) in [5.41, 5.74) is 9.54. The molecule has 0 saturated heterocycles. The Balaban J connectivity index is 2.09. The van der Waals surface area contributed by atoms with Crippen LogP contribution in [0.1, 0.15) is 17.2 Å². The number of aryl methyl sites for hydroxylation is 1. The fourth-order valence-electron chi connectivity index (χ4n) is 2.41. The minimum atomic E-state index is 0.0838. The summed E-state index contributed by atoms with van der Waals surface area (Å²) < 4.78 is 2.01. The molecule has 1 aromatic heterocycles. The predicted molar refractivity (Wildman–Crippen MR) is 78.1 cm³/mol. The number of nitrogens with zero attached hydrogens (tertiary/aromatic N) is 2. The van der Waals surface area contributed by atoms with Gasteiger partial charge in [-0.1, -0.05) is 48.0 Å². The van der Waals surface area contributed by atoms with Gasteiger partial charge in [-0.15, -0.1) is 0 Å². The maximum absolute atomic E-state index is 5.96. The van der Waals surface area contributed by atoms with Crippen LogP contribution in [-0.4, -0.2) is 16.3 Å². The normalized spacial score (nSPS) is 12.7. The number of benzene rings is 2. The van der Waals surface area contributed by atoms with Gasteiger partial charge in [-0.05, 0) is 18.6 Å². The van der Waals surface area contributed by atoms with Gasteiger partial charge in [0.1, 0.15) is 0 Å². The number of hydrogen-bond acceptors (Lipinski definition) is 2. The smallest absolute Gasteiger partial charge is 0.0897 e. The van der Waals surface area contributed by atoms with Gasteiger partial charge in [0.15, 0.2) is 0 Å². The molecule has 3 aromatic rings. The highest BCUT2D eigenvalue weighted by atomic mass is 15.3. The van der Waals surface area contributed by atoms with E-state index < -0.39 is 0 Å². The van der Waals surface area contributed by atoms with E-state index in [0.717, 1.165) is 10.9 Å². The van der Waals surface area contributed by atoms with Crippen LogP contribution in [0, 0.1) is 6.92 Å². The lowest BCUT2D eigenvalue weighted by Gasteiger charge is -2.17. The largest absolute Gasteiger partial charge is 0.328 e. The minimum absolute atomic E-state index is 0.0838. The molecule has 0 aliphatic carbocycles. The number of aromatic nitrogens is 2. The molecular formula is C16H17N3. The van der Waals surface area contributed by atoms with Gasteiger partial charge in [0.25, 0.3) is 0 Å². The Morgan fingerprint density at radius 2 is 1.84 bits per heavy atom. The summed E-state index contributed by atoms with van der Waals surface area (Å²) in [4.78, 5) is 0. The van der Waals surface area contributed by atoms with E-state index in [1.165, 1.54) is 11.1 Å². The first kappa shape index (κ1) is 11.9. The van der Waals surface area contributed by atoms with Gasteiger partial charge in [0.05, 0.1) is 17.8 Å². The van der Waals surface area contributed by atoms with Crippen molar-refractivity contribution in [2.75, 3.05) is 6.54 Å². The van der Waals surface area contributed by atoms with Gasteiger partial charge in [0, 0.05) is 11.9 Å². The fraction of sp³-hybridized carbons (Fsp3) is 0.188. The van der Waals surface area contributed by atoms with E-state index in [1.807, 2.05) is 23.0 Å². The third-order valence-electron chi connectivity index (χ3n) is 3.49. The van der Waals surface area contributed by atoms with Gasteiger partial charge >= 0.3 is 0 Å². The molecule has 96 valence electrons. The highest BCUT2D eigenvalue weighted by Gasteiger charge is 2.14. The summed E-state index contributed by atoms with van der Waals surface area (Å²) in [6, 6.07) is 16.8. The monoisotopic (exact) mass is 251 g/mol. The third-order valence-corrected chi connectivity index (χ3v) is 3.49. The molecule has 3 rings (SSSR count). The highest BCUT2D eigenvalue weighted by Crippen LogP contribution is 2.22. The second-order valence-electron chi connectivity index (χ2n) is 4.81. The second-order valence-corrected chi connectivity index (χ2v) is 4.81.